The van der Waals surface area contributed by atoms with Crippen LogP contribution in [0.3, 0.4) is 0 Å². The number of nitrogens with two attached hydrogens (primary N) is 1. The van der Waals surface area contributed by atoms with Gasteiger partial charge in [-0.25, -0.2) is 0 Å². The summed E-state index contributed by atoms with van der Waals surface area (Å²) in [5.41, 5.74) is 4.89. The molecule has 5 nitrogen and oxygen atoms in total. The highest BCUT2D eigenvalue weighted by Gasteiger charge is 2.29. The smallest absolute Gasteiger partial charge is 0.237 e. The normalized spacial score (nSPS) is 24.7. The number of hydrogen-bond acceptors (Lipinski definition) is 4. The SMILES string of the molecule is CCNC(C)(CCCN1CCOCC1C)C(N)=O. The molecular weight excluding hydrogens is 230 g/mol. The van der Waals surface area contributed by atoms with Gasteiger partial charge in [-0.3, -0.25) is 9.69 Å². The molecule has 0 aliphatic carbocycles. The van der Waals surface area contributed by atoms with E-state index in [-0.39, 0.29) is 5.91 Å². The summed E-state index contributed by atoms with van der Waals surface area (Å²) in [5.74, 6) is -0.264. The Morgan fingerprint density at radius 2 is 2.33 bits per heavy atom. The van der Waals surface area contributed by atoms with Crippen molar-refractivity contribution in [3.63, 3.8) is 0 Å². The van der Waals surface area contributed by atoms with Crippen molar-refractivity contribution in [3.05, 3.63) is 0 Å². The lowest BCUT2D eigenvalue weighted by molar-refractivity contribution is -0.124. The molecule has 1 aliphatic heterocycles. The van der Waals surface area contributed by atoms with Crippen LogP contribution in [0, 0.1) is 0 Å². The standard InChI is InChI=1S/C13H27N3O2/c1-4-15-13(3,12(14)17)6-5-7-16-8-9-18-10-11(16)2/h11,15H,4-10H2,1-3H3,(H2,14,17). The Labute approximate surface area is 110 Å². The molecule has 0 aromatic carbocycles. The molecule has 1 heterocycles. The van der Waals surface area contributed by atoms with Crippen LogP contribution >= 0.6 is 0 Å². The number of likely N-dealkylation sites (N-methyl/N-ethyl adjacent to an activating group) is 1. The van der Waals surface area contributed by atoms with E-state index < -0.39 is 5.54 Å². The van der Waals surface area contributed by atoms with E-state index in [2.05, 4.69) is 17.1 Å². The zero-order valence-electron chi connectivity index (χ0n) is 11.9. The number of rotatable bonds is 7. The molecule has 0 bridgehead atoms. The van der Waals surface area contributed by atoms with E-state index >= 15 is 0 Å². The van der Waals surface area contributed by atoms with E-state index in [1.54, 1.807) is 0 Å². The Kier molecular flexibility index (Phi) is 6.05. The van der Waals surface area contributed by atoms with Crippen LogP contribution in [0.25, 0.3) is 0 Å². The molecule has 106 valence electrons. The topological polar surface area (TPSA) is 67.6 Å². The van der Waals surface area contributed by atoms with E-state index in [0.29, 0.717) is 6.04 Å². The predicted molar refractivity (Wildman–Crippen MR) is 72.4 cm³/mol. The molecule has 1 rings (SSSR count). The second kappa shape index (κ2) is 7.07. The number of primary amides is 1. The van der Waals surface area contributed by atoms with Gasteiger partial charge < -0.3 is 15.8 Å². The average molecular weight is 257 g/mol. The highest BCUT2D eigenvalue weighted by Crippen LogP contribution is 2.14. The van der Waals surface area contributed by atoms with Crippen molar-refractivity contribution in [1.29, 1.82) is 0 Å². The zero-order valence-corrected chi connectivity index (χ0v) is 11.9. The van der Waals surface area contributed by atoms with Crippen LogP contribution in [0.5, 0.6) is 0 Å². The fourth-order valence-electron chi connectivity index (χ4n) is 2.42. The number of nitrogens with one attached hydrogen (secondary N) is 1. The van der Waals surface area contributed by atoms with Crippen LogP contribution in [0.4, 0.5) is 0 Å². The second-order valence-corrected chi connectivity index (χ2v) is 5.29. The van der Waals surface area contributed by atoms with Gasteiger partial charge in [-0.2, -0.15) is 0 Å². The van der Waals surface area contributed by atoms with E-state index in [1.165, 1.54) is 0 Å². The molecule has 1 saturated heterocycles. The van der Waals surface area contributed by atoms with Gasteiger partial charge in [0, 0.05) is 12.6 Å². The molecule has 1 aliphatic rings. The maximum atomic E-state index is 11.5. The van der Waals surface area contributed by atoms with Gasteiger partial charge >= 0.3 is 0 Å². The molecule has 0 spiro atoms. The van der Waals surface area contributed by atoms with Crippen molar-refractivity contribution in [1.82, 2.24) is 10.2 Å². The number of carbonyl (C=O) groups is 1. The van der Waals surface area contributed by atoms with Gasteiger partial charge in [0.25, 0.3) is 0 Å². The lowest BCUT2D eigenvalue weighted by Crippen LogP contribution is -2.53. The Hall–Kier alpha value is -0.650. The molecule has 3 N–H and O–H groups in total. The van der Waals surface area contributed by atoms with Gasteiger partial charge in [0.15, 0.2) is 0 Å². The van der Waals surface area contributed by atoms with Crippen LogP contribution in [0.1, 0.15) is 33.6 Å². The summed E-state index contributed by atoms with van der Waals surface area (Å²) in [5, 5.41) is 3.19. The van der Waals surface area contributed by atoms with Gasteiger partial charge in [-0.05, 0) is 39.8 Å². The summed E-state index contributed by atoms with van der Waals surface area (Å²) in [6.45, 7) is 10.4. The summed E-state index contributed by atoms with van der Waals surface area (Å²) in [6.07, 6.45) is 1.75. The molecule has 1 fully saturated rings. The summed E-state index contributed by atoms with van der Waals surface area (Å²) in [4.78, 5) is 13.9. The molecule has 18 heavy (non-hydrogen) atoms. The Bertz CT molecular complexity index is 273. The molecule has 1 amide bonds. The third-order valence-corrected chi connectivity index (χ3v) is 3.74. The largest absolute Gasteiger partial charge is 0.379 e. The maximum absolute atomic E-state index is 11.5. The molecule has 0 aromatic rings. The van der Waals surface area contributed by atoms with Gasteiger partial charge in [0.2, 0.25) is 5.91 Å². The highest BCUT2D eigenvalue weighted by atomic mass is 16.5. The first kappa shape index (κ1) is 15.4. The van der Waals surface area contributed by atoms with Crippen molar-refractivity contribution in [3.8, 4) is 0 Å². The number of ether oxygens (including phenoxy) is 1. The van der Waals surface area contributed by atoms with E-state index in [0.717, 1.165) is 45.7 Å². The van der Waals surface area contributed by atoms with Crippen LogP contribution in [-0.4, -0.2) is 55.2 Å². The number of hydrogen-bond donors (Lipinski definition) is 2. The van der Waals surface area contributed by atoms with E-state index in [1.807, 2.05) is 13.8 Å². The number of morpholine rings is 1. The molecule has 2 atom stereocenters. The molecule has 5 heteroatoms. The fourth-order valence-corrected chi connectivity index (χ4v) is 2.42. The number of carbonyl (C=O) groups excluding carboxylic acids is 1. The third-order valence-electron chi connectivity index (χ3n) is 3.74. The third kappa shape index (κ3) is 4.23. The number of amides is 1. The predicted octanol–water partition coefficient (Wildman–Crippen LogP) is 0.341. The number of nitrogens with zero attached hydrogens (tertiary/aromatic N) is 1. The van der Waals surface area contributed by atoms with Gasteiger partial charge in [-0.15, -0.1) is 0 Å². The summed E-state index contributed by atoms with van der Waals surface area (Å²) >= 11 is 0. The minimum absolute atomic E-state index is 0.264. The van der Waals surface area contributed by atoms with Crippen LogP contribution in [0.15, 0.2) is 0 Å². The fraction of sp³-hybridized carbons (Fsp3) is 0.923. The molecule has 0 saturated carbocycles. The Morgan fingerprint density at radius 3 is 2.89 bits per heavy atom. The summed E-state index contributed by atoms with van der Waals surface area (Å²) < 4.78 is 5.41. The van der Waals surface area contributed by atoms with Crippen molar-refractivity contribution in [2.45, 2.75) is 45.2 Å². The molecule has 2 unspecified atom stereocenters. The minimum atomic E-state index is -0.579. The minimum Gasteiger partial charge on any atom is -0.379 e. The monoisotopic (exact) mass is 257 g/mol. The Balaban J connectivity index is 2.36. The lowest BCUT2D eigenvalue weighted by atomic mass is 9.94. The zero-order chi connectivity index (χ0) is 13.6. The Morgan fingerprint density at radius 1 is 1.61 bits per heavy atom. The van der Waals surface area contributed by atoms with E-state index in [9.17, 15) is 4.79 Å². The van der Waals surface area contributed by atoms with Gasteiger partial charge in [0.05, 0.1) is 18.8 Å². The quantitative estimate of drug-likeness (QED) is 0.690. The highest BCUT2D eigenvalue weighted by molar-refractivity contribution is 5.84. The van der Waals surface area contributed by atoms with Crippen molar-refractivity contribution < 1.29 is 9.53 Å². The van der Waals surface area contributed by atoms with Crippen molar-refractivity contribution in [2.24, 2.45) is 5.73 Å². The summed E-state index contributed by atoms with van der Waals surface area (Å²) in [6, 6.07) is 0.470. The van der Waals surface area contributed by atoms with Crippen molar-refractivity contribution in [2.75, 3.05) is 32.8 Å². The lowest BCUT2D eigenvalue weighted by Gasteiger charge is -2.34. The first-order valence-corrected chi connectivity index (χ1v) is 6.86. The maximum Gasteiger partial charge on any atom is 0.237 e. The average Bonchev–Trinajstić information content (AvgIpc) is 2.32. The molecular formula is C13H27N3O2. The van der Waals surface area contributed by atoms with Crippen LogP contribution in [0.2, 0.25) is 0 Å². The first-order valence-electron chi connectivity index (χ1n) is 6.86. The van der Waals surface area contributed by atoms with Crippen molar-refractivity contribution >= 4 is 5.91 Å². The van der Waals surface area contributed by atoms with Gasteiger partial charge in [-0.1, -0.05) is 6.92 Å². The summed E-state index contributed by atoms with van der Waals surface area (Å²) in [7, 11) is 0. The van der Waals surface area contributed by atoms with E-state index in [4.69, 9.17) is 10.5 Å². The van der Waals surface area contributed by atoms with Crippen LogP contribution < -0.4 is 11.1 Å². The molecule has 0 radical (unpaired) electrons. The second-order valence-electron chi connectivity index (χ2n) is 5.29. The first-order chi connectivity index (χ1) is 8.49. The molecule has 0 aromatic heterocycles. The van der Waals surface area contributed by atoms with Gasteiger partial charge in [0.1, 0.15) is 0 Å². The van der Waals surface area contributed by atoms with Crippen LogP contribution in [-0.2, 0) is 9.53 Å².